The second-order valence-corrected chi connectivity index (χ2v) is 5.77. The lowest BCUT2D eigenvalue weighted by Gasteiger charge is -2.26. The lowest BCUT2D eigenvalue weighted by Crippen LogP contribution is -2.17. The Hall–Kier alpha value is -1.26. The molecule has 0 bridgehead atoms. The maximum Gasteiger partial charge on any atom is 0.184 e. The summed E-state index contributed by atoms with van der Waals surface area (Å²) in [6.45, 7) is 0. The van der Waals surface area contributed by atoms with Crippen LogP contribution in [0, 0.1) is 0 Å². The molecule has 0 saturated carbocycles. The Morgan fingerprint density at radius 3 is 3.11 bits per heavy atom. The maximum atomic E-state index is 5.84. The predicted octanol–water partition coefficient (Wildman–Crippen LogP) is 3.87. The number of nitrogens with zero attached hydrogens (tertiary/aromatic N) is 1. The number of hydrogen-bond acceptors (Lipinski definition) is 4. The van der Waals surface area contributed by atoms with Gasteiger partial charge in [0.2, 0.25) is 0 Å². The highest BCUT2D eigenvalue weighted by Crippen LogP contribution is 2.34. The molecule has 1 aromatic heterocycles. The molecule has 0 saturated heterocycles. The van der Waals surface area contributed by atoms with Gasteiger partial charge in [0.25, 0.3) is 0 Å². The molecule has 2 aromatic rings. The van der Waals surface area contributed by atoms with Gasteiger partial charge in [-0.3, -0.25) is 0 Å². The zero-order chi connectivity index (χ0) is 12.5. The molecular formula is C13H14ClN3S. The summed E-state index contributed by atoms with van der Waals surface area (Å²) in [6.07, 6.45) is 3.40. The minimum atomic E-state index is 0.316. The number of aryl methyl sites for hydroxylation is 1. The number of aromatic nitrogens is 1. The molecule has 1 aliphatic rings. The van der Waals surface area contributed by atoms with Crippen molar-refractivity contribution in [1.29, 1.82) is 0 Å². The average Bonchev–Trinajstić information content (AvgIpc) is 2.75. The third-order valence-electron chi connectivity index (χ3n) is 3.26. The number of benzene rings is 1. The van der Waals surface area contributed by atoms with E-state index in [0.717, 1.165) is 23.7 Å². The van der Waals surface area contributed by atoms with E-state index in [1.54, 1.807) is 11.3 Å². The van der Waals surface area contributed by atoms with Gasteiger partial charge in [0.1, 0.15) is 5.15 Å². The van der Waals surface area contributed by atoms with Gasteiger partial charge in [0.05, 0.1) is 6.04 Å². The van der Waals surface area contributed by atoms with Crippen molar-refractivity contribution in [3.05, 3.63) is 39.9 Å². The predicted molar refractivity (Wildman–Crippen MR) is 77.3 cm³/mol. The number of nitrogens with one attached hydrogen (secondary N) is 1. The Kier molecular flexibility index (Phi) is 3.14. The normalized spacial score (nSPS) is 18.4. The first-order valence-corrected chi connectivity index (χ1v) is 7.24. The van der Waals surface area contributed by atoms with Crippen molar-refractivity contribution in [3.63, 3.8) is 0 Å². The Morgan fingerprint density at radius 2 is 2.33 bits per heavy atom. The highest BCUT2D eigenvalue weighted by molar-refractivity contribution is 7.14. The number of thiazole rings is 1. The van der Waals surface area contributed by atoms with Crippen molar-refractivity contribution in [3.8, 4) is 0 Å². The van der Waals surface area contributed by atoms with Gasteiger partial charge in [-0.1, -0.05) is 17.7 Å². The minimum Gasteiger partial charge on any atom is -0.399 e. The first-order chi connectivity index (χ1) is 8.72. The second-order valence-electron chi connectivity index (χ2n) is 4.52. The molecule has 94 valence electrons. The highest BCUT2D eigenvalue weighted by Gasteiger charge is 2.20. The van der Waals surface area contributed by atoms with E-state index in [2.05, 4.69) is 22.4 Å². The minimum absolute atomic E-state index is 0.316. The lowest BCUT2D eigenvalue weighted by atomic mass is 9.87. The monoisotopic (exact) mass is 279 g/mol. The Labute approximate surface area is 115 Å². The van der Waals surface area contributed by atoms with Crippen molar-refractivity contribution in [1.82, 2.24) is 4.98 Å². The fraction of sp³-hybridized carbons (Fsp3) is 0.308. The van der Waals surface area contributed by atoms with Gasteiger partial charge >= 0.3 is 0 Å². The molecule has 0 amide bonds. The van der Waals surface area contributed by atoms with E-state index in [9.17, 15) is 0 Å². The molecule has 0 radical (unpaired) electrons. The van der Waals surface area contributed by atoms with Crippen LogP contribution in [-0.4, -0.2) is 4.98 Å². The summed E-state index contributed by atoms with van der Waals surface area (Å²) in [6, 6.07) is 6.49. The lowest BCUT2D eigenvalue weighted by molar-refractivity contribution is 0.600. The number of nitrogens with two attached hydrogens (primary N) is 1. The van der Waals surface area contributed by atoms with E-state index in [-0.39, 0.29) is 0 Å². The van der Waals surface area contributed by atoms with Gasteiger partial charge in [0.15, 0.2) is 5.13 Å². The van der Waals surface area contributed by atoms with Gasteiger partial charge in [-0.25, -0.2) is 4.98 Å². The number of fused-ring (bicyclic) bond motifs is 1. The summed E-state index contributed by atoms with van der Waals surface area (Å²) in [4.78, 5) is 4.24. The first-order valence-electron chi connectivity index (χ1n) is 5.98. The van der Waals surface area contributed by atoms with Crippen LogP contribution in [0.25, 0.3) is 0 Å². The van der Waals surface area contributed by atoms with Crippen LogP contribution < -0.4 is 11.1 Å². The van der Waals surface area contributed by atoms with Crippen molar-refractivity contribution < 1.29 is 0 Å². The topological polar surface area (TPSA) is 50.9 Å². The van der Waals surface area contributed by atoms with Crippen molar-refractivity contribution in [2.45, 2.75) is 25.3 Å². The van der Waals surface area contributed by atoms with E-state index < -0.39 is 0 Å². The molecule has 1 unspecified atom stereocenters. The summed E-state index contributed by atoms with van der Waals surface area (Å²) < 4.78 is 0. The largest absolute Gasteiger partial charge is 0.399 e. The smallest absolute Gasteiger partial charge is 0.184 e. The number of hydrogen-bond donors (Lipinski definition) is 2. The summed E-state index contributed by atoms with van der Waals surface area (Å²) in [5.41, 5.74) is 9.36. The SMILES string of the molecule is Nc1ccc2c(c1)CCCC2Nc1nc(Cl)cs1. The van der Waals surface area contributed by atoms with Crippen LogP contribution in [0.5, 0.6) is 0 Å². The van der Waals surface area contributed by atoms with Crippen LogP contribution in [0.2, 0.25) is 5.15 Å². The molecule has 3 nitrogen and oxygen atoms in total. The quantitative estimate of drug-likeness (QED) is 0.821. The van der Waals surface area contributed by atoms with Crippen LogP contribution in [0.3, 0.4) is 0 Å². The fourth-order valence-corrected chi connectivity index (χ4v) is 3.34. The van der Waals surface area contributed by atoms with Crippen molar-refractivity contribution in [2.75, 3.05) is 11.1 Å². The molecule has 18 heavy (non-hydrogen) atoms. The standard InChI is InChI=1S/C13H14ClN3S/c14-12-7-18-13(17-12)16-11-3-1-2-8-6-9(15)4-5-10(8)11/h4-7,11H,1-3,15H2,(H,16,17). The summed E-state index contributed by atoms with van der Waals surface area (Å²) in [5.74, 6) is 0. The van der Waals surface area contributed by atoms with E-state index >= 15 is 0 Å². The van der Waals surface area contributed by atoms with Crippen LogP contribution >= 0.6 is 22.9 Å². The molecule has 0 aliphatic heterocycles. The van der Waals surface area contributed by atoms with Gasteiger partial charge in [-0.15, -0.1) is 11.3 Å². The molecule has 0 spiro atoms. The van der Waals surface area contributed by atoms with Gasteiger partial charge < -0.3 is 11.1 Å². The number of halogens is 1. The molecule has 3 rings (SSSR count). The molecular weight excluding hydrogens is 266 g/mol. The van der Waals surface area contributed by atoms with E-state index in [4.69, 9.17) is 17.3 Å². The number of anilines is 2. The molecule has 5 heteroatoms. The highest BCUT2D eigenvalue weighted by atomic mass is 35.5. The molecule has 3 N–H and O–H groups in total. The summed E-state index contributed by atoms with van der Waals surface area (Å²) in [5, 5.41) is 6.74. The van der Waals surface area contributed by atoms with Crippen LogP contribution in [0.4, 0.5) is 10.8 Å². The zero-order valence-electron chi connectivity index (χ0n) is 9.82. The van der Waals surface area contributed by atoms with Crippen molar-refractivity contribution >= 4 is 33.8 Å². The van der Waals surface area contributed by atoms with Crippen LogP contribution in [0.1, 0.15) is 30.0 Å². The molecule has 1 heterocycles. The van der Waals surface area contributed by atoms with Gasteiger partial charge in [0, 0.05) is 11.1 Å². The van der Waals surface area contributed by atoms with Crippen LogP contribution in [-0.2, 0) is 6.42 Å². The summed E-state index contributed by atoms with van der Waals surface area (Å²) in [7, 11) is 0. The van der Waals surface area contributed by atoms with Crippen molar-refractivity contribution in [2.24, 2.45) is 0 Å². The molecule has 1 aromatic carbocycles. The first kappa shape index (κ1) is 11.8. The zero-order valence-corrected chi connectivity index (χ0v) is 11.4. The Balaban J connectivity index is 1.87. The van der Waals surface area contributed by atoms with Gasteiger partial charge in [-0.2, -0.15) is 0 Å². The molecule has 1 aliphatic carbocycles. The van der Waals surface area contributed by atoms with E-state index in [0.29, 0.717) is 11.2 Å². The molecule has 1 atom stereocenters. The number of rotatable bonds is 2. The average molecular weight is 280 g/mol. The van der Waals surface area contributed by atoms with E-state index in [1.165, 1.54) is 17.5 Å². The second kappa shape index (κ2) is 4.78. The summed E-state index contributed by atoms with van der Waals surface area (Å²) >= 11 is 7.38. The number of nitrogen functional groups attached to an aromatic ring is 1. The van der Waals surface area contributed by atoms with E-state index in [1.807, 2.05) is 11.4 Å². The third-order valence-corrected chi connectivity index (χ3v) is 4.35. The maximum absolute atomic E-state index is 5.84. The Bertz CT molecular complexity index is 567. The molecule has 0 fully saturated rings. The van der Waals surface area contributed by atoms with Crippen LogP contribution in [0.15, 0.2) is 23.6 Å². The Morgan fingerprint density at radius 1 is 1.44 bits per heavy atom. The third kappa shape index (κ3) is 2.31. The fourth-order valence-electron chi connectivity index (χ4n) is 2.45. The van der Waals surface area contributed by atoms with Gasteiger partial charge in [-0.05, 0) is 42.5 Å².